The van der Waals surface area contributed by atoms with Gasteiger partial charge in [-0.05, 0) is 41.5 Å². The van der Waals surface area contributed by atoms with Gasteiger partial charge in [-0.3, -0.25) is 21.5 Å². The molecular formula is C14H26N6O4. The predicted octanol–water partition coefficient (Wildman–Crippen LogP) is 2.44. The van der Waals surface area contributed by atoms with Gasteiger partial charge in [0.2, 0.25) is 0 Å². The zero-order chi connectivity index (χ0) is 19.0. The van der Waals surface area contributed by atoms with Gasteiger partial charge in [0, 0.05) is 0 Å². The first-order valence-electron chi connectivity index (χ1n) is 7.46. The molecule has 0 saturated carbocycles. The Kier molecular flexibility index (Phi) is 8.00. The number of ether oxygens (including phenoxy) is 2. The van der Waals surface area contributed by atoms with Crippen LogP contribution in [0, 0.1) is 10.8 Å². The van der Waals surface area contributed by atoms with Crippen molar-refractivity contribution in [3.05, 3.63) is 0 Å². The highest BCUT2D eigenvalue weighted by Gasteiger charge is 2.30. The van der Waals surface area contributed by atoms with E-state index >= 15 is 0 Å². The number of carbonyl (C=O) groups is 2. The van der Waals surface area contributed by atoms with Gasteiger partial charge in [-0.1, -0.05) is 0 Å². The summed E-state index contributed by atoms with van der Waals surface area (Å²) < 4.78 is 9.40. The summed E-state index contributed by atoms with van der Waals surface area (Å²) in [5, 5.41) is 28.3. The van der Waals surface area contributed by atoms with Crippen LogP contribution >= 0.6 is 0 Å². The van der Waals surface area contributed by atoms with E-state index in [0.29, 0.717) is 0 Å². The van der Waals surface area contributed by atoms with Crippen LogP contribution in [0.1, 0.15) is 41.5 Å². The summed E-state index contributed by atoms with van der Waals surface area (Å²) in [6, 6.07) is 0. The molecule has 10 heteroatoms. The number of amides is 2. The van der Waals surface area contributed by atoms with Crippen LogP contribution in [-0.2, 0) is 9.47 Å². The quantitative estimate of drug-likeness (QED) is 0.333. The second-order valence-electron chi connectivity index (χ2n) is 5.76. The predicted molar refractivity (Wildman–Crippen MR) is 88.8 cm³/mol. The van der Waals surface area contributed by atoms with Gasteiger partial charge in [-0.25, -0.2) is 9.59 Å². The van der Waals surface area contributed by atoms with E-state index in [0.717, 1.165) is 0 Å². The van der Waals surface area contributed by atoms with Crippen molar-refractivity contribution in [3.63, 3.8) is 0 Å². The number of nitrogens with one attached hydrogen (secondary N) is 4. The summed E-state index contributed by atoms with van der Waals surface area (Å²) in [5.41, 5.74) is -2.29. The van der Waals surface area contributed by atoms with Gasteiger partial charge >= 0.3 is 12.2 Å². The largest absolute Gasteiger partial charge is 0.450 e. The molecule has 0 aromatic rings. The summed E-state index contributed by atoms with van der Waals surface area (Å²) in [4.78, 5) is 22.7. The van der Waals surface area contributed by atoms with Crippen molar-refractivity contribution < 1.29 is 19.1 Å². The monoisotopic (exact) mass is 342 g/mol. The van der Waals surface area contributed by atoms with Crippen LogP contribution < -0.4 is 10.6 Å². The molecule has 0 aliphatic carbocycles. The summed E-state index contributed by atoms with van der Waals surface area (Å²) in [5.74, 6) is -0.407. The molecule has 0 aliphatic heterocycles. The minimum atomic E-state index is -1.14. The van der Waals surface area contributed by atoms with E-state index in [2.05, 4.69) is 20.9 Å². The summed E-state index contributed by atoms with van der Waals surface area (Å²) in [7, 11) is 0. The number of rotatable bonds is 6. The second kappa shape index (κ2) is 8.94. The molecule has 0 atom stereocenters. The first-order valence-corrected chi connectivity index (χ1v) is 7.46. The lowest BCUT2D eigenvalue weighted by Gasteiger charge is -2.24. The summed E-state index contributed by atoms with van der Waals surface area (Å²) in [6.07, 6.45) is -1.50. The molecule has 4 N–H and O–H groups in total. The van der Waals surface area contributed by atoms with Gasteiger partial charge in [0.15, 0.2) is 0 Å². The van der Waals surface area contributed by atoms with E-state index in [-0.39, 0.29) is 24.9 Å². The molecule has 0 bridgehead atoms. The molecule has 0 rings (SSSR count). The molecule has 0 aromatic heterocycles. The highest BCUT2D eigenvalue weighted by atomic mass is 16.6. The second-order valence-corrected chi connectivity index (χ2v) is 5.76. The Hall–Kier alpha value is -2.52. The first-order chi connectivity index (χ1) is 11.0. The first kappa shape index (κ1) is 21.5. The van der Waals surface area contributed by atoms with Crippen molar-refractivity contribution in [1.29, 1.82) is 10.8 Å². The van der Waals surface area contributed by atoms with Crippen molar-refractivity contribution in [2.24, 2.45) is 10.2 Å². The van der Waals surface area contributed by atoms with Crippen LogP contribution in [0.25, 0.3) is 0 Å². The smallest absolute Gasteiger partial charge is 0.412 e. The standard InChI is InChI=1S/C14H26N6O4/c1-7-23-11(21)17-9(15)13(3,4)19-20-14(5,6)10(16)18-12(22)24-8-2/h7-8H2,1-6H3,(H2,15,17,21)(H2,16,18,22). The molecule has 10 nitrogen and oxygen atoms in total. The van der Waals surface area contributed by atoms with Crippen molar-refractivity contribution in [3.8, 4) is 0 Å². The maximum absolute atomic E-state index is 11.4. The average Bonchev–Trinajstić information content (AvgIpc) is 2.45. The normalized spacial score (nSPS) is 11.8. The molecule has 0 aliphatic rings. The Morgan fingerprint density at radius 1 is 0.833 bits per heavy atom. The van der Waals surface area contributed by atoms with Crippen LogP contribution in [0.3, 0.4) is 0 Å². The summed E-state index contributed by atoms with van der Waals surface area (Å²) >= 11 is 0. The van der Waals surface area contributed by atoms with Crippen molar-refractivity contribution in [1.82, 2.24) is 10.6 Å². The Morgan fingerprint density at radius 2 is 1.12 bits per heavy atom. The van der Waals surface area contributed by atoms with Crippen molar-refractivity contribution >= 4 is 23.9 Å². The Bertz CT molecular complexity index is 481. The fourth-order valence-electron chi connectivity index (χ4n) is 1.19. The molecular weight excluding hydrogens is 316 g/mol. The minimum absolute atomic E-state index is 0.185. The zero-order valence-electron chi connectivity index (χ0n) is 14.9. The molecule has 2 amide bonds. The zero-order valence-corrected chi connectivity index (χ0v) is 14.9. The Balaban J connectivity index is 4.92. The molecule has 0 unspecified atom stereocenters. The number of nitrogens with zero attached hydrogens (tertiary/aromatic N) is 2. The Labute approximate surface area is 141 Å². The van der Waals surface area contributed by atoms with Crippen LogP contribution in [0.15, 0.2) is 10.2 Å². The number of carbonyl (C=O) groups excluding carboxylic acids is 2. The third-order valence-electron chi connectivity index (χ3n) is 2.78. The highest BCUT2D eigenvalue weighted by Crippen LogP contribution is 2.17. The fourth-order valence-corrected chi connectivity index (χ4v) is 1.19. The van der Waals surface area contributed by atoms with Gasteiger partial charge in [0.05, 0.1) is 13.2 Å². The van der Waals surface area contributed by atoms with E-state index < -0.39 is 23.3 Å². The Morgan fingerprint density at radius 3 is 1.38 bits per heavy atom. The van der Waals surface area contributed by atoms with Crippen molar-refractivity contribution in [2.75, 3.05) is 13.2 Å². The number of hydrogen-bond acceptors (Lipinski definition) is 8. The molecule has 0 fully saturated rings. The van der Waals surface area contributed by atoms with E-state index in [1.165, 1.54) is 0 Å². The number of amidine groups is 2. The fraction of sp³-hybridized carbons (Fsp3) is 0.714. The highest BCUT2D eigenvalue weighted by molar-refractivity contribution is 5.99. The van der Waals surface area contributed by atoms with E-state index in [1.807, 2.05) is 0 Å². The van der Waals surface area contributed by atoms with E-state index in [4.69, 9.17) is 20.3 Å². The SMILES string of the molecule is CCOC(=O)NC(=N)C(C)(C)N=NC(C)(C)C(=N)NC(=O)OCC. The lowest BCUT2D eigenvalue weighted by molar-refractivity contribution is 0.156. The van der Waals surface area contributed by atoms with Gasteiger partial charge in [0.1, 0.15) is 22.7 Å². The lowest BCUT2D eigenvalue weighted by atomic mass is 10.0. The van der Waals surface area contributed by atoms with E-state index in [1.54, 1.807) is 41.5 Å². The molecule has 24 heavy (non-hydrogen) atoms. The molecule has 0 heterocycles. The molecule has 0 aromatic carbocycles. The molecule has 0 radical (unpaired) electrons. The number of azo groups is 1. The maximum Gasteiger partial charge on any atom is 0.412 e. The van der Waals surface area contributed by atoms with Crippen molar-refractivity contribution in [2.45, 2.75) is 52.6 Å². The molecule has 136 valence electrons. The maximum atomic E-state index is 11.4. The van der Waals surface area contributed by atoms with Gasteiger partial charge in [0.25, 0.3) is 0 Å². The van der Waals surface area contributed by atoms with Crippen LogP contribution in [0.5, 0.6) is 0 Å². The third-order valence-corrected chi connectivity index (χ3v) is 2.78. The minimum Gasteiger partial charge on any atom is -0.450 e. The molecule has 0 saturated heterocycles. The summed E-state index contributed by atoms with van der Waals surface area (Å²) in [6.45, 7) is 9.97. The van der Waals surface area contributed by atoms with Crippen LogP contribution in [-0.4, -0.2) is 48.1 Å². The topological polar surface area (TPSA) is 149 Å². The third kappa shape index (κ3) is 7.16. The van der Waals surface area contributed by atoms with Gasteiger partial charge in [-0.15, -0.1) is 0 Å². The van der Waals surface area contributed by atoms with E-state index in [9.17, 15) is 9.59 Å². The number of hydrogen-bond donors (Lipinski definition) is 4. The van der Waals surface area contributed by atoms with Crippen LogP contribution in [0.2, 0.25) is 0 Å². The average molecular weight is 342 g/mol. The van der Waals surface area contributed by atoms with Crippen LogP contribution in [0.4, 0.5) is 9.59 Å². The lowest BCUT2D eigenvalue weighted by Crippen LogP contribution is -2.45. The van der Waals surface area contributed by atoms with Gasteiger partial charge < -0.3 is 9.47 Å². The van der Waals surface area contributed by atoms with Gasteiger partial charge in [-0.2, -0.15) is 10.2 Å². The molecule has 0 spiro atoms. The number of alkyl carbamates (subject to hydrolysis) is 2.